The molecule has 3 nitrogen and oxygen atoms in total. The van der Waals surface area contributed by atoms with E-state index in [4.69, 9.17) is 10.6 Å². The Labute approximate surface area is 121 Å². The number of fused-ring (bicyclic) bond motifs is 1. The monoisotopic (exact) mass is 290 g/mol. The fourth-order valence-electron chi connectivity index (χ4n) is 2.76. The quantitative estimate of drug-likeness (QED) is 0.675. The summed E-state index contributed by atoms with van der Waals surface area (Å²) in [6.45, 7) is 0.598. The third-order valence-electron chi connectivity index (χ3n) is 3.73. The fraction of sp³-hybridized carbons (Fsp3) is 0.250. The zero-order valence-corrected chi connectivity index (χ0v) is 11.4. The molecule has 1 unspecified atom stereocenters. The summed E-state index contributed by atoms with van der Waals surface area (Å²) in [5.41, 5.74) is 4.10. The number of benzene rings is 2. The molecule has 0 fully saturated rings. The lowest BCUT2D eigenvalue weighted by atomic mass is 9.93. The minimum atomic E-state index is -0.792. The van der Waals surface area contributed by atoms with Crippen LogP contribution in [-0.4, -0.2) is 6.61 Å². The Morgan fingerprint density at radius 3 is 2.52 bits per heavy atom. The van der Waals surface area contributed by atoms with Crippen molar-refractivity contribution < 1.29 is 13.5 Å². The molecular weight excluding hydrogens is 274 g/mol. The Hall–Kier alpha value is -1.98. The summed E-state index contributed by atoms with van der Waals surface area (Å²) >= 11 is 0. The van der Waals surface area contributed by atoms with Gasteiger partial charge in [-0.1, -0.05) is 24.3 Å². The van der Waals surface area contributed by atoms with Crippen LogP contribution in [0.1, 0.15) is 29.2 Å². The number of halogens is 2. The normalized spacial score (nSPS) is 15.2. The van der Waals surface area contributed by atoms with Gasteiger partial charge in [0.25, 0.3) is 0 Å². The van der Waals surface area contributed by atoms with Gasteiger partial charge in [-0.05, 0) is 30.5 Å². The molecule has 0 saturated carbocycles. The second kappa shape index (κ2) is 5.79. The molecule has 2 aromatic carbocycles. The van der Waals surface area contributed by atoms with Crippen LogP contribution in [0.15, 0.2) is 36.4 Å². The van der Waals surface area contributed by atoms with Crippen LogP contribution >= 0.6 is 0 Å². The van der Waals surface area contributed by atoms with Crippen molar-refractivity contribution in [2.75, 3.05) is 6.61 Å². The van der Waals surface area contributed by atoms with Crippen LogP contribution in [0.5, 0.6) is 5.75 Å². The Kier molecular flexibility index (Phi) is 3.86. The lowest BCUT2D eigenvalue weighted by Gasteiger charge is -2.25. The topological polar surface area (TPSA) is 47.3 Å². The lowest BCUT2D eigenvalue weighted by molar-refractivity contribution is 0.282. The highest BCUT2D eigenvalue weighted by Crippen LogP contribution is 2.36. The third kappa shape index (κ3) is 2.50. The predicted molar refractivity (Wildman–Crippen MR) is 75.8 cm³/mol. The number of hydrogen-bond donors (Lipinski definition) is 2. The average Bonchev–Trinajstić information content (AvgIpc) is 2.51. The van der Waals surface area contributed by atoms with E-state index in [1.807, 2.05) is 12.1 Å². The van der Waals surface area contributed by atoms with E-state index in [0.717, 1.165) is 18.4 Å². The SMILES string of the molecule is NNC(c1cccc2c1OCCC2)c1c(F)cccc1F. The maximum Gasteiger partial charge on any atom is 0.131 e. The van der Waals surface area contributed by atoms with Gasteiger partial charge in [0.15, 0.2) is 0 Å². The van der Waals surface area contributed by atoms with E-state index >= 15 is 0 Å². The maximum absolute atomic E-state index is 14.0. The standard InChI is InChI=1S/C16H16F2N2O/c17-12-7-2-8-13(18)14(12)15(20-19)11-6-1-4-10-5-3-9-21-16(10)11/h1-2,4,6-8,15,20H,3,5,9,19H2. The van der Waals surface area contributed by atoms with Crippen LogP contribution in [0.3, 0.4) is 0 Å². The van der Waals surface area contributed by atoms with Crippen molar-refractivity contribution in [3.05, 3.63) is 64.7 Å². The molecule has 2 aromatic rings. The molecule has 0 aromatic heterocycles. The van der Waals surface area contributed by atoms with E-state index in [1.165, 1.54) is 18.2 Å². The largest absolute Gasteiger partial charge is 0.493 e. The maximum atomic E-state index is 14.0. The molecule has 1 heterocycles. The highest BCUT2D eigenvalue weighted by Gasteiger charge is 2.26. The van der Waals surface area contributed by atoms with Crippen molar-refractivity contribution in [1.29, 1.82) is 0 Å². The van der Waals surface area contributed by atoms with Crippen molar-refractivity contribution in [3.63, 3.8) is 0 Å². The first-order chi connectivity index (χ1) is 10.2. The summed E-state index contributed by atoms with van der Waals surface area (Å²) in [6.07, 6.45) is 1.82. The van der Waals surface area contributed by atoms with Crippen LogP contribution in [-0.2, 0) is 6.42 Å². The highest BCUT2D eigenvalue weighted by molar-refractivity contribution is 5.48. The number of ether oxygens (including phenoxy) is 1. The minimum absolute atomic E-state index is 0.0948. The molecule has 1 aliphatic heterocycles. The third-order valence-corrected chi connectivity index (χ3v) is 3.73. The summed E-state index contributed by atoms with van der Waals surface area (Å²) < 4.78 is 33.8. The Morgan fingerprint density at radius 1 is 1.10 bits per heavy atom. The summed E-state index contributed by atoms with van der Waals surface area (Å²) in [6, 6.07) is 8.58. The Bertz CT molecular complexity index is 640. The lowest BCUT2D eigenvalue weighted by Crippen LogP contribution is -2.31. The molecule has 0 bridgehead atoms. The fourth-order valence-corrected chi connectivity index (χ4v) is 2.76. The van der Waals surface area contributed by atoms with E-state index in [0.29, 0.717) is 17.9 Å². The van der Waals surface area contributed by atoms with Gasteiger partial charge in [0.05, 0.1) is 12.6 Å². The van der Waals surface area contributed by atoms with Crippen LogP contribution in [0, 0.1) is 11.6 Å². The first kappa shape index (κ1) is 14.0. The van der Waals surface area contributed by atoms with Gasteiger partial charge >= 0.3 is 0 Å². The Balaban J connectivity index is 2.13. The number of hydrogen-bond acceptors (Lipinski definition) is 3. The molecule has 0 amide bonds. The summed E-state index contributed by atoms with van der Waals surface area (Å²) in [5, 5.41) is 0. The van der Waals surface area contributed by atoms with Gasteiger partial charge in [-0.15, -0.1) is 0 Å². The second-order valence-electron chi connectivity index (χ2n) is 5.02. The van der Waals surface area contributed by atoms with Crippen molar-refractivity contribution in [2.45, 2.75) is 18.9 Å². The second-order valence-corrected chi connectivity index (χ2v) is 5.02. The number of nitrogens with two attached hydrogens (primary N) is 1. The zero-order valence-electron chi connectivity index (χ0n) is 11.4. The molecule has 110 valence electrons. The highest BCUT2D eigenvalue weighted by atomic mass is 19.1. The predicted octanol–water partition coefficient (Wildman–Crippen LogP) is 2.84. The van der Waals surface area contributed by atoms with Crippen molar-refractivity contribution in [2.24, 2.45) is 5.84 Å². The van der Waals surface area contributed by atoms with Crippen molar-refractivity contribution >= 4 is 0 Å². The van der Waals surface area contributed by atoms with E-state index in [2.05, 4.69) is 5.43 Å². The molecule has 1 aliphatic rings. The first-order valence-corrected chi connectivity index (χ1v) is 6.87. The van der Waals surface area contributed by atoms with Gasteiger partial charge in [-0.25, -0.2) is 14.2 Å². The summed E-state index contributed by atoms with van der Waals surface area (Å²) in [5.74, 6) is 4.98. The van der Waals surface area contributed by atoms with Crippen LogP contribution < -0.4 is 16.0 Å². The Morgan fingerprint density at radius 2 is 1.81 bits per heavy atom. The average molecular weight is 290 g/mol. The number of nitrogens with one attached hydrogen (secondary N) is 1. The van der Waals surface area contributed by atoms with Crippen LogP contribution in [0.4, 0.5) is 8.78 Å². The smallest absolute Gasteiger partial charge is 0.131 e. The summed E-state index contributed by atoms with van der Waals surface area (Å²) in [7, 11) is 0. The number of rotatable bonds is 3. The van der Waals surface area contributed by atoms with E-state index in [1.54, 1.807) is 6.07 Å². The summed E-state index contributed by atoms with van der Waals surface area (Å²) in [4.78, 5) is 0. The van der Waals surface area contributed by atoms with Crippen molar-refractivity contribution in [1.82, 2.24) is 5.43 Å². The van der Waals surface area contributed by atoms with Gasteiger partial charge in [-0.2, -0.15) is 0 Å². The minimum Gasteiger partial charge on any atom is -0.493 e. The van der Waals surface area contributed by atoms with E-state index < -0.39 is 17.7 Å². The molecule has 3 rings (SSSR count). The molecule has 0 aliphatic carbocycles. The van der Waals surface area contributed by atoms with Gasteiger partial charge in [-0.3, -0.25) is 5.84 Å². The van der Waals surface area contributed by atoms with E-state index in [9.17, 15) is 8.78 Å². The molecule has 3 N–H and O–H groups in total. The van der Waals surface area contributed by atoms with Crippen LogP contribution in [0.2, 0.25) is 0 Å². The molecule has 21 heavy (non-hydrogen) atoms. The first-order valence-electron chi connectivity index (χ1n) is 6.87. The van der Waals surface area contributed by atoms with Gasteiger partial charge in [0.1, 0.15) is 17.4 Å². The molecule has 0 saturated heterocycles. The molecule has 1 atom stereocenters. The van der Waals surface area contributed by atoms with Crippen LogP contribution in [0.25, 0.3) is 0 Å². The van der Waals surface area contributed by atoms with Crippen molar-refractivity contribution in [3.8, 4) is 5.75 Å². The van der Waals surface area contributed by atoms with Gasteiger partial charge in [0.2, 0.25) is 0 Å². The van der Waals surface area contributed by atoms with Gasteiger partial charge < -0.3 is 4.74 Å². The zero-order chi connectivity index (χ0) is 14.8. The number of para-hydroxylation sites is 1. The molecule has 0 spiro atoms. The molecule has 5 heteroatoms. The molecular formula is C16H16F2N2O. The number of hydrazine groups is 1. The van der Waals surface area contributed by atoms with E-state index in [-0.39, 0.29) is 5.56 Å². The van der Waals surface area contributed by atoms with Gasteiger partial charge in [0, 0.05) is 11.1 Å². The molecule has 0 radical (unpaired) electrons. The number of aryl methyl sites for hydroxylation is 1.